The summed E-state index contributed by atoms with van der Waals surface area (Å²) >= 11 is 0. The highest BCUT2D eigenvalue weighted by Gasteiger charge is 2.18. The summed E-state index contributed by atoms with van der Waals surface area (Å²) in [6.07, 6.45) is 1.34. The molecule has 1 atom stereocenters. The van der Waals surface area contributed by atoms with Crippen LogP contribution in [0.4, 0.5) is 0 Å². The first-order valence-electron chi connectivity index (χ1n) is 6.83. The second-order valence-corrected chi connectivity index (χ2v) is 6.49. The Morgan fingerprint density at radius 2 is 1.90 bits per heavy atom. The van der Waals surface area contributed by atoms with E-state index < -0.39 is 16.0 Å². The van der Waals surface area contributed by atoms with Crippen LogP contribution >= 0.6 is 0 Å². The van der Waals surface area contributed by atoms with Gasteiger partial charge in [-0.1, -0.05) is 19.1 Å². The van der Waals surface area contributed by atoms with Crippen molar-refractivity contribution in [3.63, 3.8) is 0 Å². The van der Waals surface area contributed by atoms with Crippen LogP contribution in [0.5, 0.6) is 0 Å². The first-order chi connectivity index (χ1) is 9.89. The Balaban J connectivity index is 2.77. The summed E-state index contributed by atoms with van der Waals surface area (Å²) in [6.45, 7) is 1.77. The molecule has 0 saturated heterocycles. The van der Waals surface area contributed by atoms with Crippen LogP contribution in [0.15, 0.2) is 29.2 Å². The van der Waals surface area contributed by atoms with Crippen LogP contribution in [0.1, 0.15) is 31.7 Å². The largest absolute Gasteiger partial charge is 0.481 e. The lowest BCUT2D eigenvalue weighted by Crippen LogP contribution is -2.35. The Labute approximate surface area is 124 Å². The van der Waals surface area contributed by atoms with Crippen LogP contribution in [-0.4, -0.2) is 37.2 Å². The fourth-order valence-electron chi connectivity index (χ4n) is 1.88. The summed E-state index contributed by atoms with van der Waals surface area (Å²) in [5.74, 6) is -0.886. The van der Waals surface area contributed by atoms with Gasteiger partial charge in [-0.3, -0.25) is 4.79 Å². The first-order valence-corrected chi connectivity index (χ1v) is 8.31. The summed E-state index contributed by atoms with van der Waals surface area (Å²) < 4.78 is 26.9. The van der Waals surface area contributed by atoms with Crippen LogP contribution in [-0.2, 0) is 21.2 Å². The van der Waals surface area contributed by atoms with Gasteiger partial charge in [0.15, 0.2) is 0 Å². The molecule has 6 nitrogen and oxygen atoms in total. The third kappa shape index (κ3) is 5.82. The van der Waals surface area contributed by atoms with Crippen LogP contribution < -0.4 is 4.72 Å². The van der Waals surface area contributed by atoms with Gasteiger partial charge in [0.1, 0.15) is 0 Å². The van der Waals surface area contributed by atoms with Gasteiger partial charge in [0, 0.05) is 19.1 Å². The monoisotopic (exact) mass is 315 g/mol. The van der Waals surface area contributed by atoms with Crippen molar-refractivity contribution >= 4 is 16.0 Å². The number of benzene rings is 1. The number of carbonyl (C=O) groups is 1. The standard InChI is InChI=1S/C14H21NO5S/c1-2-12(9-10-16)15-21(19,20)13-6-3-11(4-7-13)5-8-14(17)18/h3-4,6-7,12,15-16H,2,5,8-10H2,1H3,(H,17,18). The Morgan fingerprint density at radius 3 is 2.38 bits per heavy atom. The Kier molecular flexibility index (Phi) is 6.80. The minimum absolute atomic E-state index is 0.0127. The summed E-state index contributed by atoms with van der Waals surface area (Å²) in [5, 5.41) is 17.5. The van der Waals surface area contributed by atoms with Gasteiger partial charge in [0.2, 0.25) is 10.0 Å². The quantitative estimate of drug-likeness (QED) is 0.634. The normalized spacial score (nSPS) is 13.0. The van der Waals surface area contributed by atoms with Crippen molar-refractivity contribution < 1.29 is 23.4 Å². The lowest BCUT2D eigenvalue weighted by molar-refractivity contribution is -0.136. The zero-order valence-electron chi connectivity index (χ0n) is 11.9. The number of hydrogen-bond acceptors (Lipinski definition) is 4. The molecular formula is C14H21NO5S. The molecule has 0 aliphatic rings. The molecule has 0 bridgehead atoms. The lowest BCUT2D eigenvalue weighted by atomic mass is 10.1. The highest BCUT2D eigenvalue weighted by molar-refractivity contribution is 7.89. The third-order valence-corrected chi connectivity index (χ3v) is 4.69. The maximum Gasteiger partial charge on any atom is 0.303 e. The molecule has 1 unspecified atom stereocenters. The van der Waals surface area contributed by atoms with E-state index in [9.17, 15) is 13.2 Å². The highest BCUT2D eigenvalue weighted by Crippen LogP contribution is 2.13. The molecule has 0 spiro atoms. The number of hydrogen-bond donors (Lipinski definition) is 3. The topological polar surface area (TPSA) is 104 Å². The summed E-state index contributed by atoms with van der Waals surface area (Å²) in [7, 11) is -3.62. The SMILES string of the molecule is CCC(CCO)NS(=O)(=O)c1ccc(CCC(=O)O)cc1. The molecule has 0 radical (unpaired) electrons. The van der Waals surface area contributed by atoms with E-state index in [1.165, 1.54) is 12.1 Å². The minimum Gasteiger partial charge on any atom is -0.481 e. The molecule has 3 N–H and O–H groups in total. The Bertz CT molecular complexity index is 553. The zero-order chi connectivity index (χ0) is 15.9. The molecule has 0 aromatic heterocycles. The van der Waals surface area contributed by atoms with Gasteiger partial charge in [-0.15, -0.1) is 0 Å². The van der Waals surface area contributed by atoms with Crippen LogP contribution in [0, 0.1) is 0 Å². The predicted octanol–water partition coefficient (Wildman–Crippen LogP) is 1.14. The smallest absolute Gasteiger partial charge is 0.303 e. The fourth-order valence-corrected chi connectivity index (χ4v) is 3.23. The maximum atomic E-state index is 12.2. The summed E-state index contributed by atoms with van der Waals surface area (Å²) in [4.78, 5) is 10.6. The van der Waals surface area contributed by atoms with Crippen molar-refractivity contribution in [2.75, 3.05) is 6.61 Å². The van der Waals surface area contributed by atoms with Crippen molar-refractivity contribution in [3.8, 4) is 0 Å². The number of carboxylic acids is 1. The number of carboxylic acid groups (broad SMARTS) is 1. The molecule has 0 aliphatic heterocycles. The molecule has 0 heterocycles. The number of nitrogens with one attached hydrogen (secondary N) is 1. The number of rotatable bonds is 9. The number of sulfonamides is 1. The predicted molar refractivity (Wildman–Crippen MR) is 78.5 cm³/mol. The Hall–Kier alpha value is -1.44. The van der Waals surface area contributed by atoms with E-state index in [0.717, 1.165) is 5.56 Å². The maximum absolute atomic E-state index is 12.2. The first kappa shape index (κ1) is 17.6. The van der Waals surface area contributed by atoms with Crippen molar-refractivity contribution in [2.45, 2.75) is 43.5 Å². The molecule has 1 rings (SSSR count). The van der Waals surface area contributed by atoms with E-state index in [-0.39, 0.29) is 24.0 Å². The highest BCUT2D eigenvalue weighted by atomic mass is 32.2. The number of aryl methyl sites for hydroxylation is 1. The fraction of sp³-hybridized carbons (Fsp3) is 0.500. The number of aliphatic hydroxyl groups is 1. The second kappa shape index (κ2) is 8.11. The van der Waals surface area contributed by atoms with Crippen molar-refractivity contribution in [1.29, 1.82) is 0 Å². The zero-order valence-corrected chi connectivity index (χ0v) is 12.8. The lowest BCUT2D eigenvalue weighted by Gasteiger charge is -2.16. The van der Waals surface area contributed by atoms with Crippen LogP contribution in [0.2, 0.25) is 0 Å². The molecule has 1 aromatic rings. The van der Waals surface area contributed by atoms with Gasteiger partial charge in [-0.05, 0) is 37.0 Å². The van der Waals surface area contributed by atoms with Crippen LogP contribution in [0.25, 0.3) is 0 Å². The van der Waals surface area contributed by atoms with Gasteiger partial charge in [-0.2, -0.15) is 0 Å². The van der Waals surface area contributed by atoms with Crippen LogP contribution in [0.3, 0.4) is 0 Å². The number of aliphatic carboxylic acids is 1. The van der Waals surface area contributed by atoms with Crippen molar-refractivity contribution in [3.05, 3.63) is 29.8 Å². The summed E-state index contributed by atoms with van der Waals surface area (Å²) in [6, 6.07) is 5.86. The van der Waals surface area contributed by atoms with E-state index in [2.05, 4.69) is 4.72 Å². The third-order valence-electron chi connectivity index (χ3n) is 3.15. The van der Waals surface area contributed by atoms with Gasteiger partial charge >= 0.3 is 5.97 Å². The number of aliphatic hydroxyl groups excluding tert-OH is 1. The van der Waals surface area contributed by atoms with E-state index in [0.29, 0.717) is 19.3 Å². The van der Waals surface area contributed by atoms with Gasteiger partial charge in [0.25, 0.3) is 0 Å². The average molecular weight is 315 g/mol. The molecular weight excluding hydrogens is 294 g/mol. The van der Waals surface area contributed by atoms with Crippen molar-refractivity contribution in [2.24, 2.45) is 0 Å². The molecule has 21 heavy (non-hydrogen) atoms. The molecule has 0 saturated carbocycles. The van der Waals surface area contributed by atoms with Gasteiger partial charge < -0.3 is 10.2 Å². The molecule has 118 valence electrons. The summed E-state index contributed by atoms with van der Waals surface area (Å²) in [5.41, 5.74) is 0.777. The molecule has 0 aliphatic carbocycles. The molecule has 0 amide bonds. The average Bonchev–Trinajstić information content (AvgIpc) is 2.45. The second-order valence-electron chi connectivity index (χ2n) is 4.78. The van der Waals surface area contributed by atoms with Gasteiger partial charge in [-0.25, -0.2) is 13.1 Å². The van der Waals surface area contributed by atoms with E-state index in [4.69, 9.17) is 10.2 Å². The molecule has 1 aromatic carbocycles. The van der Waals surface area contributed by atoms with Gasteiger partial charge in [0.05, 0.1) is 4.90 Å². The minimum atomic E-state index is -3.62. The molecule has 7 heteroatoms. The van der Waals surface area contributed by atoms with E-state index >= 15 is 0 Å². The van der Waals surface area contributed by atoms with E-state index in [1.807, 2.05) is 6.92 Å². The van der Waals surface area contributed by atoms with E-state index in [1.54, 1.807) is 12.1 Å². The Morgan fingerprint density at radius 1 is 1.29 bits per heavy atom. The molecule has 0 fully saturated rings. The van der Waals surface area contributed by atoms with Crippen molar-refractivity contribution in [1.82, 2.24) is 4.72 Å².